The molecule has 0 aliphatic rings. The Morgan fingerprint density at radius 1 is 1.55 bits per heavy atom. The van der Waals surface area contributed by atoms with E-state index < -0.39 is 35.0 Å². The van der Waals surface area contributed by atoms with E-state index in [1.165, 1.54) is 7.05 Å². The van der Waals surface area contributed by atoms with Crippen molar-refractivity contribution in [1.29, 1.82) is 0 Å². The predicted octanol–water partition coefficient (Wildman–Crippen LogP) is 1.62. The molecule has 0 spiro atoms. The number of ether oxygens (including phenoxy) is 1. The molecule has 1 aromatic rings. The number of halogens is 3. The molecule has 20 heavy (non-hydrogen) atoms. The molecule has 0 atom stereocenters. The van der Waals surface area contributed by atoms with Gasteiger partial charge in [0.25, 0.3) is 0 Å². The highest BCUT2D eigenvalue weighted by atomic mass is 19.4. The molecule has 7 nitrogen and oxygen atoms in total. The van der Waals surface area contributed by atoms with E-state index in [0.29, 0.717) is 12.3 Å². The van der Waals surface area contributed by atoms with Gasteiger partial charge in [-0.25, -0.2) is 4.98 Å². The number of hydrogen-bond donors (Lipinski definition) is 0. The zero-order valence-corrected chi connectivity index (χ0v) is 10.5. The van der Waals surface area contributed by atoms with Crippen molar-refractivity contribution in [3.63, 3.8) is 0 Å². The summed E-state index contributed by atoms with van der Waals surface area (Å²) in [5.41, 5.74) is -2.29. The number of methoxy groups -OCH3 is 1. The van der Waals surface area contributed by atoms with Gasteiger partial charge in [0, 0.05) is 7.05 Å². The second kappa shape index (κ2) is 5.72. The van der Waals surface area contributed by atoms with Crippen LogP contribution in [0.2, 0.25) is 0 Å². The normalized spacial score (nSPS) is 11.1. The summed E-state index contributed by atoms with van der Waals surface area (Å²) in [7, 11) is 2.33. The number of rotatable bonds is 4. The number of hydrogen-bond acceptors (Lipinski definition) is 6. The van der Waals surface area contributed by atoms with Crippen LogP contribution < -0.4 is 4.90 Å². The Morgan fingerprint density at radius 3 is 2.60 bits per heavy atom. The summed E-state index contributed by atoms with van der Waals surface area (Å²) in [5.74, 6) is -0.743. The minimum absolute atomic E-state index is 0.372. The molecule has 0 unspecified atom stereocenters. The number of nitrogens with zero attached hydrogens (tertiary/aromatic N) is 3. The number of anilines is 1. The Labute approximate surface area is 111 Å². The van der Waals surface area contributed by atoms with Gasteiger partial charge in [-0.3, -0.25) is 14.9 Å². The number of esters is 1. The maximum absolute atomic E-state index is 12.6. The van der Waals surface area contributed by atoms with Gasteiger partial charge in [-0.05, 0) is 6.07 Å². The summed E-state index contributed by atoms with van der Waals surface area (Å²) in [6.45, 7) is -0.432. The van der Waals surface area contributed by atoms with Crippen LogP contribution in [0.1, 0.15) is 5.69 Å². The Balaban J connectivity index is 3.25. The average Bonchev–Trinajstić information content (AvgIpc) is 2.36. The first-order chi connectivity index (χ1) is 9.16. The highest BCUT2D eigenvalue weighted by Crippen LogP contribution is 2.34. The van der Waals surface area contributed by atoms with Crippen LogP contribution in [0.3, 0.4) is 0 Å². The summed E-state index contributed by atoms with van der Waals surface area (Å²) >= 11 is 0. The van der Waals surface area contributed by atoms with E-state index >= 15 is 0 Å². The lowest BCUT2D eigenvalue weighted by Gasteiger charge is -2.18. The Kier molecular flexibility index (Phi) is 4.48. The van der Waals surface area contributed by atoms with E-state index in [4.69, 9.17) is 0 Å². The summed E-state index contributed by atoms with van der Waals surface area (Å²) in [6.07, 6.45) is -4.23. The lowest BCUT2D eigenvalue weighted by Crippen LogP contribution is -2.27. The summed E-state index contributed by atoms with van der Waals surface area (Å²) in [6, 6.07) is 0.515. The molecular formula is C10H10F3N3O4. The fourth-order valence-electron chi connectivity index (χ4n) is 1.38. The molecule has 1 heterocycles. The molecule has 0 bridgehead atoms. The highest BCUT2D eigenvalue weighted by Gasteiger charge is 2.35. The first-order valence-electron chi connectivity index (χ1n) is 5.16. The van der Waals surface area contributed by atoms with Crippen LogP contribution in [0.25, 0.3) is 0 Å². The van der Waals surface area contributed by atoms with Crippen LogP contribution in [0.5, 0.6) is 0 Å². The number of carbonyl (C=O) groups excluding carboxylic acids is 1. The molecule has 0 radical (unpaired) electrons. The van der Waals surface area contributed by atoms with E-state index in [9.17, 15) is 28.1 Å². The molecule has 0 saturated heterocycles. The van der Waals surface area contributed by atoms with E-state index in [-0.39, 0.29) is 5.69 Å². The third kappa shape index (κ3) is 3.56. The standard InChI is InChI=1S/C10H10F3N3O4/c1-15(5-9(17)20-2)6-3-8(10(11,12)13)14-4-7(6)16(18)19/h3-4H,5H2,1-2H3. The van der Waals surface area contributed by atoms with Gasteiger partial charge in [0.05, 0.1) is 12.0 Å². The topological polar surface area (TPSA) is 85.6 Å². The molecule has 0 N–H and O–H groups in total. The Morgan fingerprint density at radius 2 is 2.15 bits per heavy atom. The summed E-state index contributed by atoms with van der Waals surface area (Å²) in [5, 5.41) is 10.8. The van der Waals surface area contributed by atoms with Crippen molar-refractivity contribution in [3.8, 4) is 0 Å². The zero-order chi connectivity index (χ0) is 15.5. The van der Waals surface area contributed by atoms with Crippen molar-refractivity contribution in [2.75, 3.05) is 25.6 Å². The zero-order valence-electron chi connectivity index (χ0n) is 10.5. The third-order valence-electron chi connectivity index (χ3n) is 2.35. The van der Waals surface area contributed by atoms with E-state index in [1.54, 1.807) is 0 Å². The maximum Gasteiger partial charge on any atom is 0.433 e. The molecule has 10 heteroatoms. The van der Waals surface area contributed by atoms with Gasteiger partial charge in [-0.2, -0.15) is 13.2 Å². The monoisotopic (exact) mass is 293 g/mol. The first kappa shape index (κ1) is 15.7. The second-order valence-electron chi connectivity index (χ2n) is 3.75. The van der Waals surface area contributed by atoms with Gasteiger partial charge < -0.3 is 9.64 Å². The third-order valence-corrected chi connectivity index (χ3v) is 2.35. The molecule has 0 aliphatic carbocycles. The molecule has 1 rings (SSSR count). The molecule has 0 aliphatic heterocycles. The van der Waals surface area contributed by atoms with Gasteiger partial charge in [-0.1, -0.05) is 0 Å². The number of alkyl halides is 3. The molecule has 0 aromatic carbocycles. The lowest BCUT2D eigenvalue weighted by atomic mass is 10.2. The molecule has 0 amide bonds. The summed E-state index contributed by atoms with van der Waals surface area (Å²) in [4.78, 5) is 25.0. The van der Waals surface area contributed by atoms with Crippen LogP contribution in [-0.4, -0.2) is 36.6 Å². The highest BCUT2D eigenvalue weighted by molar-refractivity contribution is 5.77. The predicted molar refractivity (Wildman–Crippen MR) is 61.2 cm³/mol. The van der Waals surface area contributed by atoms with Crippen molar-refractivity contribution >= 4 is 17.3 Å². The van der Waals surface area contributed by atoms with Crippen LogP contribution in [-0.2, 0) is 15.7 Å². The Bertz CT molecular complexity index is 533. The van der Waals surface area contributed by atoms with Crippen LogP contribution >= 0.6 is 0 Å². The number of pyridine rings is 1. The molecule has 0 saturated carbocycles. The lowest BCUT2D eigenvalue weighted by molar-refractivity contribution is -0.384. The number of carbonyl (C=O) groups is 1. The van der Waals surface area contributed by atoms with Gasteiger partial charge >= 0.3 is 17.8 Å². The number of likely N-dealkylation sites (N-methyl/N-ethyl adjacent to an activating group) is 1. The van der Waals surface area contributed by atoms with Gasteiger partial charge in [-0.15, -0.1) is 0 Å². The van der Waals surface area contributed by atoms with E-state index in [0.717, 1.165) is 12.0 Å². The minimum Gasteiger partial charge on any atom is -0.468 e. The fourth-order valence-corrected chi connectivity index (χ4v) is 1.38. The Hall–Kier alpha value is -2.39. The fraction of sp³-hybridized carbons (Fsp3) is 0.400. The minimum atomic E-state index is -4.74. The second-order valence-corrected chi connectivity index (χ2v) is 3.75. The van der Waals surface area contributed by atoms with Crippen LogP contribution in [0.4, 0.5) is 24.5 Å². The van der Waals surface area contributed by atoms with E-state index in [1.807, 2.05) is 0 Å². The summed E-state index contributed by atoms with van der Waals surface area (Å²) < 4.78 is 42.0. The molecule has 1 aromatic heterocycles. The molecule has 0 fully saturated rings. The number of nitro groups is 1. The first-order valence-corrected chi connectivity index (χ1v) is 5.16. The van der Waals surface area contributed by atoms with Gasteiger partial charge in [0.15, 0.2) is 0 Å². The molecule has 110 valence electrons. The number of aromatic nitrogens is 1. The largest absolute Gasteiger partial charge is 0.468 e. The van der Waals surface area contributed by atoms with E-state index in [2.05, 4.69) is 9.72 Å². The van der Waals surface area contributed by atoms with Crippen molar-refractivity contribution in [3.05, 3.63) is 28.1 Å². The average molecular weight is 293 g/mol. The van der Waals surface area contributed by atoms with Crippen molar-refractivity contribution in [2.45, 2.75) is 6.18 Å². The smallest absolute Gasteiger partial charge is 0.433 e. The van der Waals surface area contributed by atoms with Crippen LogP contribution in [0, 0.1) is 10.1 Å². The van der Waals surface area contributed by atoms with Gasteiger partial charge in [0.1, 0.15) is 24.1 Å². The quantitative estimate of drug-likeness (QED) is 0.476. The van der Waals surface area contributed by atoms with Crippen molar-refractivity contribution in [2.24, 2.45) is 0 Å². The maximum atomic E-state index is 12.6. The molecular weight excluding hydrogens is 283 g/mol. The van der Waals surface area contributed by atoms with Gasteiger partial charge in [0.2, 0.25) is 0 Å². The van der Waals surface area contributed by atoms with Crippen molar-refractivity contribution in [1.82, 2.24) is 4.98 Å². The SMILES string of the molecule is COC(=O)CN(C)c1cc(C(F)(F)F)ncc1[N+](=O)[O-]. The van der Waals surface area contributed by atoms with Crippen LogP contribution in [0.15, 0.2) is 12.3 Å². The van der Waals surface area contributed by atoms with Crippen molar-refractivity contribution < 1.29 is 27.6 Å².